The van der Waals surface area contributed by atoms with Crippen molar-refractivity contribution in [1.29, 1.82) is 0 Å². The maximum atomic E-state index is 13.3. The Morgan fingerprint density at radius 2 is 2.05 bits per heavy atom. The number of hydrogen-bond donors (Lipinski definition) is 1. The lowest BCUT2D eigenvalue weighted by Gasteiger charge is -2.15. The van der Waals surface area contributed by atoms with E-state index < -0.39 is 0 Å². The zero-order valence-corrected chi connectivity index (χ0v) is 12.0. The molecule has 2 aromatic rings. The van der Waals surface area contributed by atoms with E-state index in [9.17, 15) is 4.39 Å². The quantitative estimate of drug-likeness (QED) is 0.871. The van der Waals surface area contributed by atoms with Gasteiger partial charge < -0.3 is 5.32 Å². The van der Waals surface area contributed by atoms with Crippen molar-refractivity contribution in [2.75, 3.05) is 6.54 Å². The molecule has 0 amide bonds. The van der Waals surface area contributed by atoms with Crippen LogP contribution in [0.5, 0.6) is 0 Å². The van der Waals surface area contributed by atoms with E-state index in [4.69, 9.17) is 0 Å². The first-order valence-electron chi connectivity index (χ1n) is 7.32. The second-order valence-corrected chi connectivity index (χ2v) is 5.48. The Morgan fingerprint density at radius 3 is 2.80 bits per heavy atom. The highest BCUT2D eigenvalue weighted by Gasteiger charge is 2.24. The van der Waals surface area contributed by atoms with E-state index >= 15 is 0 Å². The number of aryl methyl sites for hydroxylation is 1. The molecule has 0 bridgehead atoms. The summed E-state index contributed by atoms with van der Waals surface area (Å²) in [6, 6.07) is 12.0. The summed E-state index contributed by atoms with van der Waals surface area (Å²) < 4.78 is 13.3. The molecule has 1 atom stereocenters. The molecule has 20 heavy (non-hydrogen) atoms. The molecule has 1 aliphatic carbocycles. The van der Waals surface area contributed by atoms with Gasteiger partial charge in [-0.05, 0) is 66.3 Å². The van der Waals surface area contributed by atoms with Crippen LogP contribution in [0, 0.1) is 12.7 Å². The maximum absolute atomic E-state index is 13.3. The lowest BCUT2D eigenvalue weighted by atomic mass is 9.93. The van der Waals surface area contributed by atoms with Crippen LogP contribution in [0.4, 0.5) is 4.39 Å². The van der Waals surface area contributed by atoms with Crippen molar-refractivity contribution in [1.82, 2.24) is 5.32 Å². The van der Waals surface area contributed by atoms with Gasteiger partial charge in [-0.3, -0.25) is 0 Å². The highest BCUT2D eigenvalue weighted by atomic mass is 19.1. The predicted octanol–water partition coefficient (Wildman–Crippen LogP) is 4.40. The van der Waals surface area contributed by atoms with Gasteiger partial charge in [-0.2, -0.15) is 0 Å². The van der Waals surface area contributed by atoms with Crippen LogP contribution in [-0.2, 0) is 6.42 Å². The number of nitrogens with one attached hydrogen (secondary N) is 1. The summed E-state index contributed by atoms with van der Waals surface area (Å²) in [7, 11) is 0. The van der Waals surface area contributed by atoms with Gasteiger partial charge in [0.1, 0.15) is 5.82 Å². The van der Waals surface area contributed by atoms with Gasteiger partial charge in [0.05, 0.1) is 0 Å². The van der Waals surface area contributed by atoms with Gasteiger partial charge in [0.2, 0.25) is 0 Å². The molecule has 0 saturated carbocycles. The largest absolute Gasteiger partial charge is 0.310 e. The van der Waals surface area contributed by atoms with Crippen molar-refractivity contribution in [3.8, 4) is 11.1 Å². The van der Waals surface area contributed by atoms with Gasteiger partial charge in [0.25, 0.3) is 0 Å². The first-order valence-corrected chi connectivity index (χ1v) is 7.32. The molecule has 2 heteroatoms. The molecule has 0 spiro atoms. The van der Waals surface area contributed by atoms with Crippen LogP contribution in [-0.4, -0.2) is 6.54 Å². The molecule has 0 heterocycles. The first-order chi connectivity index (χ1) is 9.70. The molecule has 104 valence electrons. The number of fused-ring (bicyclic) bond motifs is 1. The Bertz CT molecular complexity index is 633. The predicted molar refractivity (Wildman–Crippen MR) is 81.3 cm³/mol. The fourth-order valence-electron chi connectivity index (χ4n) is 3.29. The van der Waals surface area contributed by atoms with E-state index in [1.54, 1.807) is 12.1 Å². The fraction of sp³-hybridized carbons (Fsp3) is 0.333. The van der Waals surface area contributed by atoms with E-state index in [2.05, 4.69) is 30.4 Å². The molecule has 1 aliphatic rings. The Labute approximate surface area is 119 Å². The van der Waals surface area contributed by atoms with Crippen molar-refractivity contribution >= 4 is 0 Å². The molecule has 0 radical (unpaired) electrons. The minimum atomic E-state index is -0.163. The topological polar surface area (TPSA) is 12.0 Å². The smallest absolute Gasteiger partial charge is 0.123 e. The normalized spacial score (nSPS) is 17.2. The van der Waals surface area contributed by atoms with Crippen molar-refractivity contribution in [3.63, 3.8) is 0 Å². The number of rotatable bonds is 3. The third-order valence-electron chi connectivity index (χ3n) is 4.20. The molecule has 1 nitrogen and oxygen atoms in total. The number of hydrogen-bond acceptors (Lipinski definition) is 1. The summed E-state index contributed by atoms with van der Waals surface area (Å²) in [6.07, 6.45) is 2.25. The monoisotopic (exact) mass is 269 g/mol. The zero-order chi connectivity index (χ0) is 14.1. The Balaban J connectivity index is 2.08. The third-order valence-corrected chi connectivity index (χ3v) is 4.20. The molecule has 1 unspecified atom stereocenters. The van der Waals surface area contributed by atoms with E-state index in [0.717, 1.165) is 30.5 Å². The Morgan fingerprint density at radius 1 is 1.20 bits per heavy atom. The Kier molecular flexibility index (Phi) is 3.58. The summed E-state index contributed by atoms with van der Waals surface area (Å²) in [4.78, 5) is 0. The summed E-state index contributed by atoms with van der Waals surface area (Å²) in [5.74, 6) is -0.163. The van der Waals surface area contributed by atoms with Gasteiger partial charge in [-0.1, -0.05) is 31.2 Å². The first kappa shape index (κ1) is 13.3. The van der Waals surface area contributed by atoms with Crippen LogP contribution in [0.2, 0.25) is 0 Å². The van der Waals surface area contributed by atoms with Gasteiger partial charge >= 0.3 is 0 Å². The van der Waals surface area contributed by atoms with E-state index in [1.807, 2.05) is 13.0 Å². The van der Waals surface area contributed by atoms with Crippen LogP contribution >= 0.6 is 0 Å². The lowest BCUT2D eigenvalue weighted by molar-refractivity contribution is 0.549. The zero-order valence-electron chi connectivity index (χ0n) is 12.0. The Hall–Kier alpha value is -1.67. The number of halogens is 1. The van der Waals surface area contributed by atoms with Crippen LogP contribution in [0.3, 0.4) is 0 Å². The summed E-state index contributed by atoms with van der Waals surface area (Å²) in [5.41, 5.74) is 6.26. The van der Waals surface area contributed by atoms with Gasteiger partial charge in [-0.25, -0.2) is 4.39 Å². The van der Waals surface area contributed by atoms with Gasteiger partial charge in [0, 0.05) is 6.04 Å². The molecule has 2 aromatic carbocycles. The van der Waals surface area contributed by atoms with Gasteiger partial charge in [-0.15, -0.1) is 0 Å². The highest BCUT2D eigenvalue weighted by molar-refractivity contribution is 5.72. The van der Waals surface area contributed by atoms with Crippen LogP contribution in [0.1, 0.15) is 36.1 Å². The second-order valence-electron chi connectivity index (χ2n) is 5.48. The standard InChI is InChI=1S/C18H20FN/c1-3-20-18-10-9-16-15(5-4-6-17(16)18)14-8-7-13(19)11-12(14)2/h4-8,11,18,20H,3,9-10H2,1-2H3. The van der Waals surface area contributed by atoms with Crippen molar-refractivity contribution in [2.24, 2.45) is 0 Å². The highest BCUT2D eigenvalue weighted by Crippen LogP contribution is 2.38. The lowest BCUT2D eigenvalue weighted by Crippen LogP contribution is -2.18. The molecule has 0 aliphatic heterocycles. The average molecular weight is 269 g/mol. The van der Waals surface area contributed by atoms with Crippen molar-refractivity contribution in [2.45, 2.75) is 32.7 Å². The average Bonchev–Trinajstić information content (AvgIpc) is 2.83. The second kappa shape index (κ2) is 5.37. The van der Waals surface area contributed by atoms with Crippen LogP contribution in [0.25, 0.3) is 11.1 Å². The third kappa shape index (κ3) is 2.25. The van der Waals surface area contributed by atoms with E-state index in [-0.39, 0.29) is 5.82 Å². The minimum Gasteiger partial charge on any atom is -0.310 e. The summed E-state index contributed by atoms with van der Waals surface area (Å²) >= 11 is 0. The summed E-state index contributed by atoms with van der Waals surface area (Å²) in [6.45, 7) is 5.12. The van der Waals surface area contributed by atoms with Crippen molar-refractivity contribution < 1.29 is 4.39 Å². The minimum absolute atomic E-state index is 0.163. The van der Waals surface area contributed by atoms with Crippen molar-refractivity contribution in [3.05, 3.63) is 58.9 Å². The maximum Gasteiger partial charge on any atom is 0.123 e. The van der Waals surface area contributed by atoms with Gasteiger partial charge in [0.15, 0.2) is 0 Å². The molecule has 1 N–H and O–H groups in total. The van der Waals surface area contributed by atoms with E-state index in [1.165, 1.54) is 16.7 Å². The molecule has 0 saturated heterocycles. The van der Waals surface area contributed by atoms with E-state index in [0.29, 0.717) is 6.04 Å². The molecule has 0 aromatic heterocycles. The van der Waals surface area contributed by atoms with Crippen LogP contribution < -0.4 is 5.32 Å². The molecular formula is C18H20FN. The fourth-order valence-corrected chi connectivity index (χ4v) is 3.29. The SMILES string of the molecule is CCNC1CCc2c(-c3ccc(F)cc3C)cccc21. The van der Waals surface area contributed by atoms with Crippen LogP contribution in [0.15, 0.2) is 36.4 Å². The molecule has 0 fully saturated rings. The summed E-state index contributed by atoms with van der Waals surface area (Å²) in [5, 5.41) is 3.54. The molecular weight excluding hydrogens is 249 g/mol. The molecule has 3 rings (SSSR count). The number of benzene rings is 2.